The highest BCUT2D eigenvalue weighted by Gasteiger charge is 2.27. The third-order valence-electron chi connectivity index (χ3n) is 5.78. The van der Waals surface area contributed by atoms with E-state index in [1.54, 1.807) is 0 Å². The van der Waals surface area contributed by atoms with E-state index in [1.807, 2.05) is 11.8 Å². The van der Waals surface area contributed by atoms with Crippen LogP contribution in [0.3, 0.4) is 0 Å². The lowest BCUT2D eigenvalue weighted by Crippen LogP contribution is -2.45. The Hall–Kier alpha value is -2.57. The summed E-state index contributed by atoms with van der Waals surface area (Å²) in [5, 5.41) is 10.3. The summed E-state index contributed by atoms with van der Waals surface area (Å²) in [6.07, 6.45) is 5.37. The Labute approximate surface area is 166 Å². The molecule has 0 spiro atoms. The molecular formula is C21H30N6O. The number of rotatable bonds is 5. The Morgan fingerprint density at radius 2 is 2.18 bits per heavy atom. The van der Waals surface area contributed by atoms with E-state index in [-0.39, 0.29) is 11.9 Å². The van der Waals surface area contributed by atoms with Crippen LogP contribution in [0.15, 0.2) is 24.3 Å². The molecule has 1 aromatic carbocycles. The van der Waals surface area contributed by atoms with E-state index in [9.17, 15) is 4.79 Å². The molecule has 2 aliphatic heterocycles. The SMILES string of the molecule is Cc1nc([C@@H]2CCCN(C(=O)NCCCN3CCCc4ccccc43)C2)n[nH]1. The van der Waals surface area contributed by atoms with Crippen LogP contribution < -0.4 is 10.2 Å². The predicted octanol–water partition coefficient (Wildman–Crippen LogP) is 2.85. The van der Waals surface area contributed by atoms with Crippen molar-refractivity contribution in [2.75, 3.05) is 37.6 Å². The Morgan fingerprint density at radius 3 is 3.04 bits per heavy atom. The van der Waals surface area contributed by atoms with Crippen LogP contribution in [0.25, 0.3) is 0 Å². The van der Waals surface area contributed by atoms with Gasteiger partial charge in [0.15, 0.2) is 5.82 Å². The maximum Gasteiger partial charge on any atom is 0.317 e. The zero-order chi connectivity index (χ0) is 19.3. The minimum atomic E-state index is 0.0380. The summed E-state index contributed by atoms with van der Waals surface area (Å²) >= 11 is 0. The molecule has 0 saturated carbocycles. The van der Waals surface area contributed by atoms with Gasteiger partial charge in [-0.15, -0.1) is 0 Å². The van der Waals surface area contributed by atoms with Crippen molar-refractivity contribution in [3.63, 3.8) is 0 Å². The number of likely N-dealkylation sites (tertiary alicyclic amines) is 1. The fraction of sp³-hybridized carbons (Fsp3) is 0.571. The van der Waals surface area contributed by atoms with Gasteiger partial charge in [0.05, 0.1) is 0 Å². The Kier molecular flexibility index (Phi) is 5.78. The van der Waals surface area contributed by atoms with E-state index in [2.05, 4.69) is 49.7 Å². The summed E-state index contributed by atoms with van der Waals surface area (Å²) in [5.74, 6) is 1.89. The minimum absolute atomic E-state index is 0.0380. The number of aryl methyl sites for hydroxylation is 2. The molecule has 1 fully saturated rings. The van der Waals surface area contributed by atoms with Crippen molar-refractivity contribution >= 4 is 11.7 Å². The smallest absolute Gasteiger partial charge is 0.317 e. The van der Waals surface area contributed by atoms with Crippen molar-refractivity contribution in [3.8, 4) is 0 Å². The van der Waals surface area contributed by atoms with E-state index >= 15 is 0 Å². The number of hydrogen-bond acceptors (Lipinski definition) is 4. The molecule has 4 rings (SSSR count). The van der Waals surface area contributed by atoms with Gasteiger partial charge in [0.2, 0.25) is 0 Å². The van der Waals surface area contributed by atoms with Gasteiger partial charge in [-0.3, -0.25) is 5.10 Å². The summed E-state index contributed by atoms with van der Waals surface area (Å²) in [7, 11) is 0. The number of anilines is 1. The number of fused-ring (bicyclic) bond motifs is 1. The monoisotopic (exact) mass is 382 g/mol. The number of nitrogens with one attached hydrogen (secondary N) is 2. The molecule has 1 saturated heterocycles. The summed E-state index contributed by atoms with van der Waals surface area (Å²) < 4.78 is 0. The molecule has 28 heavy (non-hydrogen) atoms. The molecule has 2 N–H and O–H groups in total. The molecule has 0 bridgehead atoms. The van der Waals surface area contributed by atoms with Crippen LogP contribution in [0.4, 0.5) is 10.5 Å². The topological polar surface area (TPSA) is 77.2 Å². The number of carbonyl (C=O) groups is 1. The van der Waals surface area contributed by atoms with Gasteiger partial charge in [0.1, 0.15) is 5.82 Å². The average Bonchev–Trinajstić information content (AvgIpc) is 3.17. The normalized spacial score (nSPS) is 19.4. The summed E-state index contributed by atoms with van der Waals surface area (Å²) in [4.78, 5) is 21.4. The lowest BCUT2D eigenvalue weighted by molar-refractivity contribution is 0.178. The van der Waals surface area contributed by atoms with E-state index in [1.165, 1.54) is 24.1 Å². The van der Waals surface area contributed by atoms with Gasteiger partial charge in [0, 0.05) is 44.3 Å². The molecule has 7 heteroatoms. The third kappa shape index (κ3) is 4.29. The molecule has 2 aromatic rings. The first-order valence-corrected chi connectivity index (χ1v) is 10.5. The molecule has 0 radical (unpaired) electrons. The summed E-state index contributed by atoms with van der Waals surface area (Å²) in [5.41, 5.74) is 2.81. The first-order valence-electron chi connectivity index (χ1n) is 10.5. The van der Waals surface area contributed by atoms with Crippen LogP contribution in [0.5, 0.6) is 0 Å². The largest absolute Gasteiger partial charge is 0.371 e. The molecule has 7 nitrogen and oxygen atoms in total. The van der Waals surface area contributed by atoms with Crippen LogP contribution in [-0.4, -0.2) is 58.8 Å². The van der Waals surface area contributed by atoms with E-state index < -0.39 is 0 Å². The molecule has 2 amide bonds. The zero-order valence-corrected chi connectivity index (χ0v) is 16.7. The van der Waals surface area contributed by atoms with Gasteiger partial charge in [-0.25, -0.2) is 9.78 Å². The number of carbonyl (C=O) groups excluding carboxylic acids is 1. The van der Waals surface area contributed by atoms with Crippen molar-refractivity contribution in [1.82, 2.24) is 25.4 Å². The quantitative estimate of drug-likeness (QED) is 0.780. The number of amides is 2. The number of aromatic nitrogens is 3. The Bertz CT molecular complexity index is 804. The highest BCUT2D eigenvalue weighted by molar-refractivity contribution is 5.74. The second kappa shape index (κ2) is 8.63. The second-order valence-corrected chi connectivity index (χ2v) is 7.87. The first-order chi connectivity index (χ1) is 13.7. The molecule has 3 heterocycles. The first kappa shape index (κ1) is 18.8. The maximum absolute atomic E-state index is 12.6. The number of urea groups is 1. The van der Waals surface area contributed by atoms with Gasteiger partial charge >= 0.3 is 6.03 Å². The number of piperidine rings is 1. The Morgan fingerprint density at radius 1 is 1.29 bits per heavy atom. The second-order valence-electron chi connectivity index (χ2n) is 7.87. The van der Waals surface area contributed by atoms with Gasteiger partial charge in [-0.1, -0.05) is 18.2 Å². The number of hydrogen-bond donors (Lipinski definition) is 2. The van der Waals surface area contributed by atoms with Crippen molar-refractivity contribution in [2.24, 2.45) is 0 Å². The number of para-hydroxylation sites is 1. The standard InChI is InChI=1S/C21H30N6O/c1-16-23-20(25-24-16)18-9-5-13-27(15-18)21(28)22-11-6-14-26-12-4-8-17-7-2-3-10-19(17)26/h2-3,7,10,18H,4-6,8-9,11-15H2,1H3,(H,22,28)(H,23,24,25)/t18-/m1/s1. The van der Waals surface area contributed by atoms with Crippen LogP contribution in [0.1, 0.15) is 48.8 Å². The van der Waals surface area contributed by atoms with Gasteiger partial charge in [-0.2, -0.15) is 5.10 Å². The lowest BCUT2D eigenvalue weighted by Gasteiger charge is -2.32. The van der Waals surface area contributed by atoms with Crippen LogP contribution in [0.2, 0.25) is 0 Å². The van der Waals surface area contributed by atoms with E-state index in [4.69, 9.17) is 0 Å². The van der Waals surface area contributed by atoms with Gasteiger partial charge in [-0.05, 0) is 50.7 Å². The third-order valence-corrected chi connectivity index (χ3v) is 5.78. The molecular weight excluding hydrogens is 352 g/mol. The fourth-order valence-electron chi connectivity index (χ4n) is 4.34. The molecule has 1 aromatic heterocycles. The van der Waals surface area contributed by atoms with Crippen LogP contribution in [0, 0.1) is 6.92 Å². The summed E-state index contributed by atoms with van der Waals surface area (Å²) in [6, 6.07) is 8.71. The minimum Gasteiger partial charge on any atom is -0.371 e. The zero-order valence-electron chi connectivity index (χ0n) is 16.7. The Balaban J connectivity index is 1.23. The highest BCUT2D eigenvalue weighted by Crippen LogP contribution is 2.27. The molecule has 0 aliphatic carbocycles. The van der Waals surface area contributed by atoms with Gasteiger partial charge < -0.3 is 15.1 Å². The van der Waals surface area contributed by atoms with Crippen molar-refractivity contribution in [2.45, 2.75) is 44.9 Å². The number of aromatic amines is 1. The van der Waals surface area contributed by atoms with Crippen LogP contribution in [-0.2, 0) is 6.42 Å². The van der Waals surface area contributed by atoms with Crippen molar-refractivity contribution in [1.29, 1.82) is 0 Å². The van der Waals surface area contributed by atoms with Crippen LogP contribution >= 0.6 is 0 Å². The van der Waals surface area contributed by atoms with E-state index in [0.717, 1.165) is 50.5 Å². The number of nitrogens with zero attached hydrogens (tertiary/aromatic N) is 4. The maximum atomic E-state index is 12.6. The van der Waals surface area contributed by atoms with E-state index in [0.29, 0.717) is 13.1 Å². The molecule has 2 aliphatic rings. The number of benzene rings is 1. The lowest BCUT2D eigenvalue weighted by atomic mass is 9.98. The van der Waals surface area contributed by atoms with Gasteiger partial charge in [0.25, 0.3) is 0 Å². The molecule has 0 unspecified atom stereocenters. The number of H-pyrrole nitrogens is 1. The predicted molar refractivity (Wildman–Crippen MR) is 110 cm³/mol. The fourth-order valence-corrected chi connectivity index (χ4v) is 4.34. The molecule has 150 valence electrons. The van der Waals surface area contributed by atoms with Crippen molar-refractivity contribution in [3.05, 3.63) is 41.5 Å². The average molecular weight is 383 g/mol. The highest BCUT2D eigenvalue weighted by atomic mass is 16.2. The van der Waals surface area contributed by atoms with Crippen molar-refractivity contribution < 1.29 is 4.79 Å². The molecule has 1 atom stereocenters. The summed E-state index contributed by atoms with van der Waals surface area (Å²) in [6.45, 7) is 6.21.